The third-order valence-corrected chi connectivity index (χ3v) is 1.38. The van der Waals surface area contributed by atoms with Crippen molar-refractivity contribution < 1.29 is 9.87 Å². The summed E-state index contributed by atoms with van der Waals surface area (Å²) in [5.41, 5.74) is 0. The van der Waals surface area contributed by atoms with Gasteiger partial charge in [-0.05, 0) is 0 Å². The summed E-state index contributed by atoms with van der Waals surface area (Å²) in [7, 11) is 1.39. The van der Waals surface area contributed by atoms with Gasteiger partial charge in [0.05, 0.1) is 0 Å². The van der Waals surface area contributed by atoms with E-state index in [0.717, 1.165) is 0 Å². The number of guanidine groups is 1. The number of hydrogen-bond donors (Lipinski definition) is 1. The number of nitrogens with zero attached hydrogens (tertiary/aromatic N) is 4. The predicted molar refractivity (Wildman–Crippen MR) is 44.6 cm³/mol. The number of rotatable bonds is 3. The summed E-state index contributed by atoms with van der Waals surface area (Å²) < 4.78 is 0. The second-order valence-corrected chi connectivity index (χ2v) is 2.19. The van der Waals surface area contributed by atoms with Crippen LogP contribution in [0, 0.1) is 10.1 Å². The zero-order valence-electron chi connectivity index (χ0n) is 7.01. The normalized spacial score (nSPS) is 19.5. The summed E-state index contributed by atoms with van der Waals surface area (Å²) in [6.45, 7) is 1.18. The van der Waals surface area contributed by atoms with Crippen molar-refractivity contribution in [2.45, 2.75) is 0 Å². The largest absolute Gasteiger partial charge is 0.398 e. The molecule has 0 aliphatic carbocycles. The summed E-state index contributed by atoms with van der Waals surface area (Å²) in [6, 6.07) is 0. The van der Waals surface area contributed by atoms with E-state index < -0.39 is 5.03 Å². The Morgan fingerprint density at radius 1 is 1.85 bits per heavy atom. The molecule has 1 aliphatic heterocycles. The Bertz CT molecular complexity index is 251. The molecule has 0 atom stereocenters. The molecule has 0 unspecified atom stereocenters. The fourth-order valence-corrected chi connectivity index (χ4v) is 0.882. The SMILES string of the molecule is CON=CN1CCNC1=N[N+](=O)[O-]. The van der Waals surface area contributed by atoms with E-state index in [-0.39, 0.29) is 5.96 Å². The van der Waals surface area contributed by atoms with Crippen LogP contribution in [-0.4, -0.2) is 42.4 Å². The van der Waals surface area contributed by atoms with Gasteiger partial charge < -0.3 is 10.2 Å². The zero-order valence-corrected chi connectivity index (χ0v) is 7.01. The highest BCUT2D eigenvalue weighted by Gasteiger charge is 2.19. The van der Waals surface area contributed by atoms with Crippen LogP contribution in [0.5, 0.6) is 0 Å². The minimum absolute atomic E-state index is 0.172. The molecule has 1 saturated heterocycles. The molecule has 0 spiro atoms. The Morgan fingerprint density at radius 2 is 2.62 bits per heavy atom. The quantitative estimate of drug-likeness (QED) is 0.265. The van der Waals surface area contributed by atoms with Gasteiger partial charge in [-0.15, -0.1) is 0 Å². The van der Waals surface area contributed by atoms with Crippen molar-refractivity contribution in [1.29, 1.82) is 0 Å². The molecule has 0 aromatic carbocycles. The molecular formula is C5H9N5O3. The average molecular weight is 187 g/mol. The number of hydrazone groups is 1. The Morgan fingerprint density at radius 3 is 3.23 bits per heavy atom. The van der Waals surface area contributed by atoms with E-state index in [1.807, 2.05) is 0 Å². The van der Waals surface area contributed by atoms with E-state index in [1.165, 1.54) is 18.3 Å². The number of hydrogen-bond acceptors (Lipinski definition) is 4. The zero-order chi connectivity index (χ0) is 9.68. The highest BCUT2D eigenvalue weighted by molar-refractivity contribution is 5.91. The van der Waals surface area contributed by atoms with Crippen molar-refractivity contribution in [3.8, 4) is 0 Å². The average Bonchev–Trinajstić information content (AvgIpc) is 2.48. The second kappa shape index (κ2) is 4.24. The first-order valence-corrected chi connectivity index (χ1v) is 3.54. The third-order valence-electron chi connectivity index (χ3n) is 1.38. The van der Waals surface area contributed by atoms with Crippen LogP contribution in [0.25, 0.3) is 0 Å². The molecule has 0 saturated carbocycles. The highest BCUT2D eigenvalue weighted by Crippen LogP contribution is 1.94. The lowest BCUT2D eigenvalue weighted by Gasteiger charge is -2.05. The van der Waals surface area contributed by atoms with E-state index >= 15 is 0 Å². The van der Waals surface area contributed by atoms with Crippen molar-refractivity contribution in [3.63, 3.8) is 0 Å². The van der Waals surface area contributed by atoms with E-state index in [2.05, 4.69) is 20.4 Å². The number of oxime groups is 1. The molecule has 0 aromatic heterocycles. The van der Waals surface area contributed by atoms with Gasteiger partial charge in [0.2, 0.25) is 0 Å². The molecule has 1 rings (SSSR count). The molecule has 0 radical (unpaired) electrons. The predicted octanol–water partition coefficient (Wildman–Crippen LogP) is -0.971. The Kier molecular flexibility index (Phi) is 3.01. The molecule has 0 bridgehead atoms. The molecule has 13 heavy (non-hydrogen) atoms. The molecule has 0 amide bonds. The maximum Gasteiger partial charge on any atom is 0.276 e. The van der Waals surface area contributed by atoms with E-state index in [9.17, 15) is 10.1 Å². The summed E-state index contributed by atoms with van der Waals surface area (Å²) in [5.74, 6) is 0.172. The molecule has 1 N–H and O–H groups in total. The first kappa shape index (κ1) is 9.23. The first-order valence-electron chi connectivity index (χ1n) is 3.54. The van der Waals surface area contributed by atoms with Gasteiger partial charge in [-0.2, -0.15) is 0 Å². The van der Waals surface area contributed by atoms with Gasteiger partial charge in [-0.3, -0.25) is 4.90 Å². The lowest BCUT2D eigenvalue weighted by Crippen LogP contribution is -2.29. The molecular weight excluding hydrogens is 178 g/mol. The summed E-state index contributed by atoms with van der Waals surface area (Å²) in [6.07, 6.45) is 1.34. The molecule has 8 nitrogen and oxygen atoms in total. The van der Waals surface area contributed by atoms with E-state index in [1.54, 1.807) is 0 Å². The molecule has 8 heteroatoms. The Labute approximate surface area is 74.0 Å². The lowest BCUT2D eigenvalue weighted by atomic mass is 10.6. The monoisotopic (exact) mass is 187 g/mol. The van der Waals surface area contributed by atoms with Gasteiger partial charge in [0.15, 0.2) is 5.03 Å². The maximum absolute atomic E-state index is 10.1. The van der Waals surface area contributed by atoms with Crippen LogP contribution in [0.3, 0.4) is 0 Å². The first-order chi connectivity index (χ1) is 6.24. The smallest absolute Gasteiger partial charge is 0.276 e. The minimum atomic E-state index is -0.763. The minimum Gasteiger partial charge on any atom is -0.398 e. The number of nitrogens with one attached hydrogen (secondary N) is 1. The van der Waals surface area contributed by atoms with Crippen LogP contribution in [-0.2, 0) is 4.84 Å². The van der Waals surface area contributed by atoms with Crippen molar-refractivity contribution in [3.05, 3.63) is 10.1 Å². The van der Waals surface area contributed by atoms with E-state index in [4.69, 9.17) is 0 Å². The summed E-state index contributed by atoms with van der Waals surface area (Å²) in [4.78, 5) is 16.0. The van der Waals surface area contributed by atoms with E-state index in [0.29, 0.717) is 13.1 Å². The fraction of sp³-hybridized carbons (Fsp3) is 0.600. The number of nitro groups is 1. The van der Waals surface area contributed by atoms with Crippen LogP contribution < -0.4 is 5.32 Å². The Hall–Kier alpha value is -1.86. The molecule has 72 valence electrons. The van der Waals surface area contributed by atoms with Crippen LogP contribution in [0.15, 0.2) is 10.3 Å². The van der Waals surface area contributed by atoms with Crippen LogP contribution in [0.2, 0.25) is 0 Å². The van der Waals surface area contributed by atoms with Gasteiger partial charge >= 0.3 is 0 Å². The fourth-order valence-electron chi connectivity index (χ4n) is 0.882. The van der Waals surface area contributed by atoms with Crippen LogP contribution in [0.1, 0.15) is 0 Å². The van der Waals surface area contributed by atoms with Crippen LogP contribution >= 0.6 is 0 Å². The summed E-state index contributed by atoms with van der Waals surface area (Å²) >= 11 is 0. The third kappa shape index (κ3) is 2.58. The molecule has 1 fully saturated rings. The van der Waals surface area contributed by atoms with Crippen molar-refractivity contribution in [2.24, 2.45) is 10.3 Å². The molecule has 1 heterocycles. The Balaban J connectivity index is 2.63. The van der Waals surface area contributed by atoms with Crippen LogP contribution in [0.4, 0.5) is 0 Å². The topological polar surface area (TPSA) is 92.4 Å². The van der Waals surface area contributed by atoms with Gasteiger partial charge in [0.1, 0.15) is 18.5 Å². The molecule has 0 aromatic rings. The van der Waals surface area contributed by atoms with Gasteiger partial charge in [-0.1, -0.05) is 5.16 Å². The van der Waals surface area contributed by atoms with Crippen molar-refractivity contribution in [1.82, 2.24) is 10.2 Å². The van der Waals surface area contributed by atoms with Crippen molar-refractivity contribution >= 4 is 12.3 Å². The lowest BCUT2D eigenvalue weighted by molar-refractivity contribution is -0.485. The van der Waals surface area contributed by atoms with Crippen molar-refractivity contribution in [2.75, 3.05) is 20.2 Å². The maximum atomic E-state index is 10.1. The van der Waals surface area contributed by atoms with Gasteiger partial charge in [0.25, 0.3) is 5.96 Å². The summed E-state index contributed by atoms with van der Waals surface area (Å²) in [5, 5.41) is 18.6. The molecule has 1 aliphatic rings. The highest BCUT2D eigenvalue weighted by atomic mass is 16.7. The van der Waals surface area contributed by atoms with Gasteiger partial charge in [-0.25, -0.2) is 10.1 Å². The second-order valence-electron chi connectivity index (χ2n) is 2.19. The standard InChI is InChI=1S/C5H9N5O3/c1-13-7-4-9-3-2-6-5(9)8-10(11)12/h4H,2-3H2,1H3,(H,6,8). The van der Waals surface area contributed by atoms with Gasteiger partial charge in [0, 0.05) is 13.1 Å².